The maximum absolute atomic E-state index is 14.0. The van der Waals surface area contributed by atoms with Crippen LogP contribution in [-0.4, -0.2) is 28.5 Å². The number of rotatable bonds is 4. The van der Waals surface area contributed by atoms with E-state index >= 15 is 0 Å². The third-order valence-electron chi connectivity index (χ3n) is 4.19. The fourth-order valence-electron chi connectivity index (χ4n) is 2.03. The highest BCUT2D eigenvalue weighted by Gasteiger charge is 2.23. The molecule has 0 unspecified atom stereocenters. The van der Waals surface area contributed by atoms with Crippen molar-refractivity contribution < 1.29 is 14.3 Å². The van der Waals surface area contributed by atoms with Gasteiger partial charge in [0, 0.05) is 14.1 Å². The van der Waals surface area contributed by atoms with Gasteiger partial charge in [-0.05, 0) is 33.3 Å². The van der Waals surface area contributed by atoms with E-state index in [9.17, 15) is 19.1 Å². The van der Waals surface area contributed by atoms with Crippen LogP contribution in [0.4, 0.5) is 4.39 Å². The third-order valence-corrected chi connectivity index (χ3v) is 4.19. The molecule has 25 heavy (non-hydrogen) atoms. The molecular formula is C18H24FN3O3. The summed E-state index contributed by atoms with van der Waals surface area (Å²) in [6.07, 6.45) is 4.27. The summed E-state index contributed by atoms with van der Waals surface area (Å²) in [5.41, 5.74) is 0.714. The van der Waals surface area contributed by atoms with Crippen LogP contribution in [0.1, 0.15) is 43.2 Å². The van der Waals surface area contributed by atoms with Crippen LogP contribution in [0.25, 0.3) is 0 Å². The number of pyridine rings is 1. The largest absolute Gasteiger partial charge is 0.504 e. The quantitative estimate of drug-likeness (QED) is 0.498. The molecule has 7 heteroatoms. The van der Waals surface area contributed by atoms with Crippen molar-refractivity contribution in [3.8, 4) is 5.75 Å². The number of nitrogens with one attached hydrogen (secondary N) is 1. The summed E-state index contributed by atoms with van der Waals surface area (Å²) in [4.78, 5) is 28.4. The number of halogens is 1. The second-order valence-electron chi connectivity index (χ2n) is 5.70. The summed E-state index contributed by atoms with van der Waals surface area (Å²) in [7, 11) is 2.80. The van der Waals surface area contributed by atoms with Gasteiger partial charge in [0.05, 0.1) is 5.69 Å². The molecule has 6 nitrogen and oxygen atoms in total. The summed E-state index contributed by atoms with van der Waals surface area (Å²) >= 11 is 0. The topological polar surface area (TPSA) is 83.7 Å². The van der Waals surface area contributed by atoms with Crippen LogP contribution < -0.4 is 10.9 Å². The molecule has 0 atom stereocenters. The Kier molecular flexibility index (Phi) is 6.85. The van der Waals surface area contributed by atoms with Crippen LogP contribution in [-0.2, 0) is 7.05 Å². The van der Waals surface area contributed by atoms with E-state index in [1.54, 1.807) is 12.2 Å². The van der Waals surface area contributed by atoms with Gasteiger partial charge in [-0.1, -0.05) is 24.1 Å². The van der Waals surface area contributed by atoms with Crippen LogP contribution in [0.5, 0.6) is 5.75 Å². The molecule has 2 N–H and O–H groups in total. The second kappa shape index (κ2) is 8.41. The normalized spacial score (nSPS) is 13.2. The van der Waals surface area contributed by atoms with Crippen molar-refractivity contribution in [1.29, 1.82) is 0 Å². The minimum Gasteiger partial charge on any atom is -0.504 e. The lowest BCUT2D eigenvalue weighted by molar-refractivity contribution is 0.0971. The summed E-state index contributed by atoms with van der Waals surface area (Å²) in [6, 6.07) is 0. The number of carbonyl (C=O) groups is 1. The van der Waals surface area contributed by atoms with E-state index in [4.69, 9.17) is 0 Å². The van der Waals surface area contributed by atoms with Gasteiger partial charge in [-0.15, -0.1) is 0 Å². The maximum atomic E-state index is 14.0. The number of aromatic hydroxyl groups is 1. The highest BCUT2D eigenvalue weighted by atomic mass is 19.1. The van der Waals surface area contributed by atoms with E-state index in [1.807, 2.05) is 20.8 Å². The Labute approximate surface area is 146 Å². The first-order valence-electron chi connectivity index (χ1n) is 7.86. The Bertz CT molecular complexity index is 833. The van der Waals surface area contributed by atoms with Crippen LogP contribution in [0.3, 0.4) is 0 Å². The minimum absolute atomic E-state index is 0.0564. The molecule has 0 bridgehead atoms. The molecule has 0 aliphatic carbocycles. The lowest BCUT2D eigenvalue weighted by Crippen LogP contribution is -2.36. The molecule has 0 aromatic carbocycles. The fraction of sp³-hybridized carbons (Fsp3) is 0.389. The number of aromatic nitrogens is 1. The number of carbonyl (C=O) groups excluding carboxylic acids is 1. The number of amides is 1. The van der Waals surface area contributed by atoms with Crippen LogP contribution >= 0.6 is 0 Å². The Balaban J connectivity index is 3.19. The molecule has 0 radical (unpaired) electrons. The predicted octanol–water partition coefficient (Wildman–Crippen LogP) is 2.60. The number of amidine groups is 1. The molecule has 1 aromatic heterocycles. The van der Waals surface area contributed by atoms with Crippen LogP contribution in [0.15, 0.2) is 33.1 Å². The number of hydrogen-bond acceptors (Lipinski definition) is 4. The van der Waals surface area contributed by atoms with E-state index in [0.29, 0.717) is 0 Å². The number of nitrogens with zero attached hydrogens (tertiary/aromatic N) is 2. The van der Waals surface area contributed by atoms with Crippen molar-refractivity contribution in [2.75, 3.05) is 7.05 Å². The Hall–Kier alpha value is -2.70. The second-order valence-corrected chi connectivity index (χ2v) is 5.70. The fourth-order valence-corrected chi connectivity index (χ4v) is 2.03. The standard InChI is InChI=1S/C18H24FN3O3/c1-7-10(2)11(3)8-9-13(20-5)21-17(24)14-16(23)15(19)12(4)22(6)18(14)25/h8-9,23H,7H2,1-6H3,(H,20,21,24)/b9-8-,11-10?. The Morgan fingerprint density at radius 3 is 2.48 bits per heavy atom. The highest BCUT2D eigenvalue weighted by Crippen LogP contribution is 2.20. The smallest absolute Gasteiger partial charge is 0.267 e. The van der Waals surface area contributed by atoms with Crippen molar-refractivity contribution in [3.05, 3.63) is 50.7 Å². The molecule has 1 amide bonds. The van der Waals surface area contributed by atoms with E-state index in [1.165, 1.54) is 26.6 Å². The van der Waals surface area contributed by atoms with Gasteiger partial charge >= 0.3 is 0 Å². The van der Waals surface area contributed by atoms with E-state index in [0.717, 1.165) is 16.6 Å². The molecule has 136 valence electrons. The SMILES string of the molecule is CCC(C)=C(C)/C=C\C(=NC)NC(=O)c1c(O)c(F)c(C)n(C)c1=O. The summed E-state index contributed by atoms with van der Waals surface area (Å²) in [6.45, 7) is 7.30. The monoisotopic (exact) mass is 349 g/mol. The van der Waals surface area contributed by atoms with Crippen molar-refractivity contribution in [3.63, 3.8) is 0 Å². The molecule has 1 heterocycles. The van der Waals surface area contributed by atoms with Gasteiger partial charge in [-0.3, -0.25) is 14.6 Å². The van der Waals surface area contributed by atoms with Gasteiger partial charge in [0.25, 0.3) is 11.5 Å². The maximum Gasteiger partial charge on any atom is 0.267 e. The first kappa shape index (κ1) is 20.3. The average Bonchev–Trinajstić information content (AvgIpc) is 2.60. The Morgan fingerprint density at radius 1 is 1.36 bits per heavy atom. The van der Waals surface area contributed by atoms with Gasteiger partial charge in [0.1, 0.15) is 11.4 Å². The molecule has 0 fully saturated rings. The molecular weight excluding hydrogens is 325 g/mol. The summed E-state index contributed by atoms with van der Waals surface area (Å²) < 4.78 is 14.9. The number of aliphatic imine (C=N–C) groups is 1. The first-order chi connectivity index (χ1) is 11.6. The predicted molar refractivity (Wildman–Crippen MR) is 96.7 cm³/mol. The van der Waals surface area contributed by atoms with Gasteiger partial charge in [0.2, 0.25) is 0 Å². The lowest BCUT2D eigenvalue weighted by atomic mass is 10.1. The van der Waals surface area contributed by atoms with Crippen LogP contribution in [0, 0.1) is 12.7 Å². The van der Waals surface area contributed by atoms with E-state index in [2.05, 4.69) is 10.3 Å². The number of hydrogen-bond donors (Lipinski definition) is 2. The van der Waals surface area contributed by atoms with Gasteiger partial charge in [0.15, 0.2) is 11.6 Å². The van der Waals surface area contributed by atoms with E-state index in [-0.39, 0.29) is 11.5 Å². The number of allylic oxidation sites excluding steroid dienone is 3. The minimum atomic E-state index is -1.00. The van der Waals surface area contributed by atoms with Gasteiger partial charge in [-0.2, -0.15) is 0 Å². The van der Waals surface area contributed by atoms with E-state index < -0.39 is 28.6 Å². The summed E-state index contributed by atoms with van der Waals surface area (Å²) in [5, 5.41) is 12.3. The first-order valence-corrected chi connectivity index (χ1v) is 7.86. The van der Waals surface area contributed by atoms with Crippen LogP contribution in [0.2, 0.25) is 0 Å². The Morgan fingerprint density at radius 2 is 1.96 bits per heavy atom. The molecule has 1 aromatic rings. The van der Waals surface area contributed by atoms with Crippen molar-refractivity contribution in [2.24, 2.45) is 12.0 Å². The molecule has 0 aliphatic rings. The zero-order valence-corrected chi connectivity index (χ0v) is 15.4. The summed E-state index contributed by atoms with van der Waals surface area (Å²) in [5.74, 6) is -2.70. The zero-order valence-electron chi connectivity index (χ0n) is 15.4. The van der Waals surface area contributed by atoms with Gasteiger partial charge in [-0.25, -0.2) is 4.39 Å². The zero-order chi connectivity index (χ0) is 19.3. The average molecular weight is 349 g/mol. The molecule has 1 rings (SSSR count). The van der Waals surface area contributed by atoms with Crippen molar-refractivity contribution in [2.45, 2.75) is 34.1 Å². The molecule has 0 spiro atoms. The highest BCUT2D eigenvalue weighted by molar-refractivity contribution is 6.11. The third kappa shape index (κ3) is 4.43. The van der Waals surface area contributed by atoms with Crippen molar-refractivity contribution >= 4 is 11.7 Å². The lowest BCUT2D eigenvalue weighted by Gasteiger charge is -2.11. The molecule has 0 saturated carbocycles. The molecule has 0 saturated heterocycles. The van der Waals surface area contributed by atoms with Gasteiger partial charge < -0.3 is 15.0 Å². The van der Waals surface area contributed by atoms with Crippen molar-refractivity contribution in [1.82, 2.24) is 9.88 Å². The molecule has 0 aliphatic heterocycles.